The van der Waals surface area contributed by atoms with E-state index in [1.807, 2.05) is 13.0 Å². The summed E-state index contributed by atoms with van der Waals surface area (Å²) >= 11 is 8.36. The molecule has 0 spiro atoms. The molecule has 0 atom stereocenters. The van der Waals surface area contributed by atoms with Crippen molar-refractivity contribution in [3.63, 3.8) is 0 Å². The molecule has 0 bridgehead atoms. The highest BCUT2D eigenvalue weighted by molar-refractivity contribution is 14.1. The summed E-state index contributed by atoms with van der Waals surface area (Å²) in [5, 5.41) is 11.3. The van der Waals surface area contributed by atoms with Crippen LogP contribution in [0.15, 0.2) is 36.2 Å². The number of hydrogen-bond donors (Lipinski definition) is 1. The second-order valence-corrected chi connectivity index (χ2v) is 9.54. The van der Waals surface area contributed by atoms with Crippen LogP contribution >= 0.6 is 34.2 Å². The number of pyridine rings is 1. The Kier molecular flexibility index (Phi) is 6.00. The molecule has 7 heteroatoms. The number of aromatic nitrogens is 1. The first kappa shape index (κ1) is 22.1. The Morgan fingerprint density at radius 2 is 1.90 bits per heavy atom. The van der Waals surface area contributed by atoms with Crippen molar-refractivity contribution >= 4 is 45.5 Å². The van der Waals surface area contributed by atoms with E-state index in [0.29, 0.717) is 22.8 Å². The van der Waals surface area contributed by atoms with Crippen molar-refractivity contribution in [1.29, 1.82) is 0 Å². The van der Waals surface area contributed by atoms with E-state index in [2.05, 4.69) is 27.6 Å². The molecule has 1 N–H and O–H groups in total. The third-order valence-corrected chi connectivity index (χ3v) is 5.67. The van der Waals surface area contributed by atoms with Crippen molar-refractivity contribution in [2.75, 3.05) is 0 Å². The van der Waals surface area contributed by atoms with E-state index in [9.17, 15) is 9.90 Å². The Morgan fingerprint density at radius 3 is 2.52 bits per heavy atom. The van der Waals surface area contributed by atoms with Crippen LogP contribution in [0.25, 0.3) is 5.57 Å². The summed E-state index contributed by atoms with van der Waals surface area (Å²) in [5.74, 6) is 0.396. The zero-order valence-electron chi connectivity index (χ0n) is 17.0. The van der Waals surface area contributed by atoms with Gasteiger partial charge in [-0.15, -0.1) is 0 Å². The second kappa shape index (κ2) is 7.89. The molecule has 0 unspecified atom stereocenters. The monoisotopic (exact) mass is 527 g/mol. The smallest absolute Gasteiger partial charge is 0.238 e. The van der Waals surface area contributed by atoms with Gasteiger partial charge in [0, 0.05) is 9.77 Å². The predicted octanol–water partition coefficient (Wildman–Crippen LogP) is 6.12. The van der Waals surface area contributed by atoms with Gasteiger partial charge in [0.25, 0.3) is 0 Å². The van der Waals surface area contributed by atoms with Crippen LogP contribution in [-0.4, -0.2) is 27.1 Å². The Morgan fingerprint density at radius 1 is 1.21 bits per heavy atom. The van der Waals surface area contributed by atoms with Gasteiger partial charge in [-0.25, -0.2) is 4.98 Å². The molecule has 0 radical (unpaired) electrons. The van der Waals surface area contributed by atoms with E-state index in [-0.39, 0.29) is 23.0 Å². The third-order valence-electron chi connectivity index (χ3n) is 4.81. The molecule has 5 nitrogen and oxygen atoms in total. The highest BCUT2D eigenvalue weighted by Crippen LogP contribution is 2.42. The fourth-order valence-corrected chi connectivity index (χ4v) is 4.28. The average molecular weight is 528 g/mol. The molecular weight excluding hydrogens is 505 g/mol. The summed E-state index contributed by atoms with van der Waals surface area (Å²) in [4.78, 5) is 17.4. The largest absolute Gasteiger partial charge is 0.508 e. The highest BCUT2D eigenvalue weighted by Gasteiger charge is 2.47. The maximum absolute atomic E-state index is 13.2. The zero-order chi connectivity index (χ0) is 21.6. The lowest BCUT2D eigenvalue weighted by Gasteiger charge is -2.40. The molecule has 2 aromatic rings. The van der Waals surface area contributed by atoms with Crippen LogP contribution < -0.4 is 4.74 Å². The molecule has 0 saturated heterocycles. The third kappa shape index (κ3) is 4.29. The van der Waals surface area contributed by atoms with Gasteiger partial charge in [0.05, 0.1) is 5.57 Å². The number of ether oxygens (including phenoxy) is 2. The molecule has 154 valence electrons. The highest BCUT2D eigenvalue weighted by atomic mass is 127. The summed E-state index contributed by atoms with van der Waals surface area (Å²) in [6, 6.07) is 7.19. The van der Waals surface area contributed by atoms with Crippen LogP contribution in [0.5, 0.6) is 11.6 Å². The Labute approximate surface area is 189 Å². The van der Waals surface area contributed by atoms with Crippen molar-refractivity contribution in [3.8, 4) is 11.6 Å². The number of benzene rings is 1. The SMILES string of the molecule is CCc1ccc(Oc2ncc(I)cc2Cl)cc1C1=C(O)C(C)(C)OC(C)(C)C1=O. The molecule has 3 rings (SSSR count). The lowest BCUT2D eigenvalue weighted by atomic mass is 9.81. The van der Waals surface area contributed by atoms with Gasteiger partial charge < -0.3 is 14.6 Å². The lowest BCUT2D eigenvalue weighted by molar-refractivity contribution is -0.158. The zero-order valence-corrected chi connectivity index (χ0v) is 19.9. The summed E-state index contributed by atoms with van der Waals surface area (Å²) in [6.07, 6.45) is 2.34. The number of nitrogens with zero attached hydrogens (tertiary/aromatic N) is 1. The molecule has 0 aliphatic carbocycles. The van der Waals surface area contributed by atoms with Gasteiger partial charge in [-0.2, -0.15) is 0 Å². The van der Waals surface area contributed by atoms with E-state index in [0.717, 1.165) is 9.13 Å². The number of halogens is 2. The summed E-state index contributed by atoms with van der Waals surface area (Å²) in [5.41, 5.74) is -0.250. The molecule has 0 amide bonds. The number of aryl methyl sites for hydroxylation is 1. The first-order chi connectivity index (χ1) is 13.5. The van der Waals surface area contributed by atoms with Gasteiger partial charge in [0.15, 0.2) is 5.78 Å². The van der Waals surface area contributed by atoms with Gasteiger partial charge in [0.2, 0.25) is 5.88 Å². The van der Waals surface area contributed by atoms with Gasteiger partial charge in [0.1, 0.15) is 27.7 Å². The fourth-order valence-electron chi connectivity index (χ4n) is 3.44. The Bertz CT molecular complexity index is 1010. The van der Waals surface area contributed by atoms with Crippen molar-refractivity contribution in [2.45, 2.75) is 52.2 Å². The van der Waals surface area contributed by atoms with Crippen LogP contribution in [0.1, 0.15) is 45.7 Å². The number of rotatable bonds is 4. The fraction of sp³-hybridized carbons (Fsp3) is 0.364. The average Bonchev–Trinajstić information content (AvgIpc) is 2.62. The van der Waals surface area contributed by atoms with Gasteiger partial charge in [-0.3, -0.25) is 4.79 Å². The molecule has 0 saturated carbocycles. The standard InChI is InChI=1S/C22H23ClINO4/c1-6-12-7-8-14(28-20-16(23)9-13(24)11-25-20)10-15(12)17-18(26)21(2,3)29-22(4,5)19(17)27/h7-11,26H,6H2,1-5H3. The lowest BCUT2D eigenvalue weighted by Crippen LogP contribution is -2.49. The van der Waals surface area contributed by atoms with Gasteiger partial charge in [-0.05, 0) is 86.0 Å². The normalized spacial score (nSPS) is 18.1. The van der Waals surface area contributed by atoms with E-state index >= 15 is 0 Å². The number of carbonyl (C=O) groups is 1. The van der Waals surface area contributed by atoms with E-state index in [1.165, 1.54) is 0 Å². The summed E-state index contributed by atoms with van der Waals surface area (Å²) < 4.78 is 12.6. The van der Waals surface area contributed by atoms with Crippen molar-refractivity contribution < 1.29 is 19.4 Å². The Balaban J connectivity index is 2.13. The molecule has 2 heterocycles. The minimum absolute atomic E-state index is 0.0842. The number of carbonyl (C=O) groups excluding carboxylic acids is 1. The van der Waals surface area contributed by atoms with Crippen molar-refractivity contribution in [3.05, 3.63) is 55.9 Å². The molecule has 1 aliphatic rings. The predicted molar refractivity (Wildman–Crippen MR) is 122 cm³/mol. The number of aliphatic hydroxyl groups excluding tert-OH is 1. The minimum atomic E-state index is -1.06. The topological polar surface area (TPSA) is 68.7 Å². The van der Waals surface area contributed by atoms with Gasteiger partial charge >= 0.3 is 0 Å². The minimum Gasteiger partial charge on any atom is -0.508 e. The van der Waals surface area contributed by atoms with Crippen molar-refractivity contribution in [2.24, 2.45) is 0 Å². The van der Waals surface area contributed by atoms with Crippen LogP contribution in [-0.2, 0) is 16.0 Å². The molecule has 29 heavy (non-hydrogen) atoms. The number of Topliss-reactive ketones (excluding diaryl/α,β-unsaturated/α-hetero) is 1. The van der Waals surface area contributed by atoms with E-state index in [4.69, 9.17) is 21.1 Å². The Hall–Kier alpha value is -1.64. The second-order valence-electron chi connectivity index (χ2n) is 7.89. The molecule has 1 aromatic carbocycles. The molecular formula is C22H23ClINO4. The maximum Gasteiger partial charge on any atom is 0.238 e. The summed E-state index contributed by atoms with van der Waals surface area (Å²) in [7, 11) is 0. The van der Waals surface area contributed by atoms with E-state index < -0.39 is 11.2 Å². The number of aliphatic hydroxyl groups is 1. The number of ketones is 1. The van der Waals surface area contributed by atoms with E-state index in [1.54, 1.807) is 52.1 Å². The maximum atomic E-state index is 13.2. The molecule has 1 aliphatic heterocycles. The van der Waals surface area contributed by atoms with Gasteiger partial charge in [-0.1, -0.05) is 24.6 Å². The number of hydrogen-bond acceptors (Lipinski definition) is 5. The molecule has 1 aromatic heterocycles. The first-order valence-electron chi connectivity index (χ1n) is 9.27. The summed E-state index contributed by atoms with van der Waals surface area (Å²) in [6.45, 7) is 8.92. The molecule has 0 fully saturated rings. The van der Waals surface area contributed by atoms with Crippen LogP contribution in [0, 0.1) is 3.57 Å². The quantitative estimate of drug-likeness (QED) is 0.485. The van der Waals surface area contributed by atoms with Crippen LogP contribution in [0.3, 0.4) is 0 Å². The first-order valence-corrected chi connectivity index (χ1v) is 10.7. The van der Waals surface area contributed by atoms with Crippen LogP contribution in [0.4, 0.5) is 0 Å². The van der Waals surface area contributed by atoms with Crippen molar-refractivity contribution in [1.82, 2.24) is 4.98 Å². The van der Waals surface area contributed by atoms with Crippen LogP contribution in [0.2, 0.25) is 5.02 Å².